The van der Waals surface area contributed by atoms with Gasteiger partial charge in [0.2, 0.25) is 5.91 Å². The lowest BCUT2D eigenvalue weighted by molar-refractivity contribution is -0.125. The first-order valence-electron chi connectivity index (χ1n) is 9.47. The van der Waals surface area contributed by atoms with Crippen molar-refractivity contribution in [2.24, 2.45) is 11.8 Å². The third kappa shape index (κ3) is 4.40. The molecule has 1 saturated heterocycles. The van der Waals surface area contributed by atoms with E-state index in [1.807, 2.05) is 24.3 Å². The van der Waals surface area contributed by atoms with Gasteiger partial charge >= 0.3 is 0 Å². The van der Waals surface area contributed by atoms with Crippen LogP contribution in [-0.2, 0) is 4.79 Å². The number of piperidine rings is 1. The van der Waals surface area contributed by atoms with E-state index < -0.39 is 0 Å². The minimum atomic E-state index is 0.0281. The molecule has 1 fully saturated rings. The van der Waals surface area contributed by atoms with Crippen molar-refractivity contribution >= 4 is 11.7 Å². The molecule has 1 aromatic heterocycles. The van der Waals surface area contributed by atoms with E-state index in [0.29, 0.717) is 12.5 Å². The predicted molar refractivity (Wildman–Crippen MR) is 105 cm³/mol. The first kappa shape index (κ1) is 18.4. The van der Waals surface area contributed by atoms with Gasteiger partial charge in [-0.25, -0.2) is 0 Å². The molecule has 5 heteroatoms. The summed E-state index contributed by atoms with van der Waals surface area (Å²) in [5, 5.41) is 11.9. The van der Waals surface area contributed by atoms with Gasteiger partial charge in [-0.1, -0.05) is 38.1 Å². The number of anilines is 1. The second kappa shape index (κ2) is 8.30. The molecule has 0 aliphatic carbocycles. The van der Waals surface area contributed by atoms with Gasteiger partial charge in [-0.3, -0.25) is 4.79 Å². The molecule has 2 heterocycles. The van der Waals surface area contributed by atoms with Crippen LogP contribution in [0.4, 0.5) is 5.82 Å². The molecule has 1 amide bonds. The molecule has 26 heavy (non-hydrogen) atoms. The van der Waals surface area contributed by atoms with E-state index in [2.05, 4.69) is 53.3 Å². The average Bonchev–Trinajstić information content (AvgIpc) is 2.67. The average molecular weight is 352 g/mol. The normalized spacial score (nSPS) is 17.4. The van der Waals surface area contributed by atoms with Crippen LogP contribution in [-0.4, -0.2) is 35.7 Å². The van der Waals surface area contributed by atoms with Crippen molar-refractivity contribution in [3.05, 3.63) is 42.0 Å². The monoisotopic (exact) mass is 352 g/mol. The second-order valence-corrected chi connectivity index (χ2v) is 7.52. The van der Waals surface area contributed by atoms with E-state index in [1.54, 1.807) is 0 Å². The van der Waals surface area contributed by atoms with Crippen LogP contribution in [0.2, 0.25) is 0 Å². The lowest BCUT2D eigenvalue weighted by atomic mass is 9.97. The first-order chi connectivity index (χ1) is 12.5. The SMILES string of the molecule is Cc1ccccc1-c1ccc(N2CCC[C@H](C(=O)NCC(C)C)C2)nn1. The van der Waals surface area contributed by atoms with Gasteiger partial charge in [0.15, 0.2) is 5.82 Å². The maximum Gasteiger partial charge on any atom is 0.224 e. The number of rotatable bonds is 5. The number of carbonyl (C=O) groups excluding carboxylic acids is 1. The van der Waals surface area contributed by atoms with Crippen molar-refractivity contribution < 1.29 is 4.79 Å². The number of hydrogen-bond donors (Lipinski definition) is 1. The molecule has 0 spiro atoms. The number of amides is 1. The zero-order chi connectivity index (χ0) is 18.5. The number of carbonyl (C=O) groups is 1. The Morgan fingerprint density at radius 3 is 2.73 bits per heavy atom. The Morgan fingerprint density at radius 1 is 1.23 bits per heavy atom. The minimum absolute atomic E-state index is 0.0281. The number of benzene rings is 1. The summed E-state index contributed by atoms with van der Waals surface area (Å²) >= 11 is 0. The van der Waals surface area contributed by atoms with Gasteiger partial charge in [0, 0.05) is 25.2 Å². The molecule has 1 aliphatic heterocycles. The van der Waals surface area contributed by atoms with E-state index >= 15 is 0 Å². The van der Waals surface area contributed by atoms with E-state index in [0.717, 1.165) is 43.0 Å². The van der Waals surface area contributed by atoms with E-state index in [1.165, 1.54) is 5.56 Å². The van der Waals surface area contributed by atoms with E-state index in [-0.39, 0.29) is 11.8 Å². The summed E-state index contributed by atoms with van der Waals surface area (Å²) in [6.45, 7) is 8.67. The largest absolute Gasteiger partial charge is 0.356 e. The van der Waals surface area contributed by atoms with Crippen LogP contribution in [0.15, 0.2) is 36.4 Å². The van der Waals surface area contributed by atoms with Crippen LogP contribution in [0.5, 0.6) is 0 Å². The fourth-order valence-corrected chi connectivity index (χ4v) is 3.35. The molecule has 138 valence electrons. The van der Waals surface area contributed by atoms with Crippen LogP contribution < -0.4 is 10.2 Å². The summed E-state index contributed by atoms with van der Waals surface area (Å²) in [5.74, 6) is 1.51. The Hall–Kier alpha value is -2.43. The lowest BCUT2D eigenvalue weighted by Gasteiger charge is -2.32. The van der Waals surface area contributed by atoms with Gasteiger partial charge in [0.1, 0.15) is 0 Å². The first-order valence-corrected chi connectivity index (χ1v) is 9.47. The molecule has 0 radical (unpaired) electrons. The molecule has 0 bridgehead atoms. The highest BCUT2D eigenvalue weighted by Gasteiger charge is 2.26. The van der Waals surface area contributed by atoms with Crippen LogP contribution >= 0.6 is 0 Å². The molecular weight excluding hydrogens is 324 g/mol. The number of nitrogens with zero attached hydrogens (tertiary/aromatic N) is 3. The molecule has 0 saturated carbocycles. The summed E-state index contributed by atoms with van der Waals surface area (Å²) in [6, 6.07) is 12.2. The van der Waals surface area contributed by atoms with Gasteiger partial charge in [0.25, 0.3) is 0 Å². The van der Waals surface area contributed by atoms with Gasteiger partial charge < -0.3 is 10.2 Å². The highest BCUT2D eigenvalue weighted by atomic mass is 16.1. The molecule has 3 rings (SSSR count). The molecule has 5 nitrogen and oxygen atoms in total. The summed E-state index contributed by atoms with van der Waals surface area (Å²) in [5.41, 5.74) is 3.18. The molecule has 1 aromatic carbocycles. The van der Waals surface area contributed by atoms with Gasteiger partial charge in [-0.05, 0) is 43.4 Å². The summed E-state index contributed by atoms with van der Waals surface area (Å²) in [4.78, 5) is 14.6. The topological polar surface area (TPSA) is 58.1 Å². The van der Waals surface area contributed by atoms with Crippen LogP contribution in [0, 0.1) is 18.8 Å². The highest BCUT2D eigenvalue weighted by molar-refractivity contribution is 5.79. The van der Waals surface area contributed by atoms with Crippen molar-refractivity contribution in [1.82, 2.24) is 15.5 Å². The highest BCUT2D eigenvalue weighted by Crippen LogP contribution is 2.24. The van der Waals surface area contributed by atoms with E-state index in [4.69, 9.17) is 0 Å². The van der Waals surface area contributed by atoms with Gasteiger partial charge in [0.05, 0.1) is 11.6 Å². The summed E-state index contributed by atoms with van der Waals surface area (Å²) in [6.07, 6.45) is 1.94. The van der Waals surface area contributed by atoms with Crippen molar-refractivity contribution in [2.75, 3.05) is 24.5 Å². The van der Waals surface area contributed by atoms with Crippen LogP contribution in [0.1, 0.15) is 32.3 Å². The quantitative estimate of drug-likeness (QED) is 0.895. The Morgan fingerprint density at radius 2 is 2.04 bits per heavy atom. The second-order valence-electron chi connectivity index (χ2n) is 7.52. The smallest absolute Gasteiger partial charge is 0.224 e. The van der Waals surface area contributed by atoms with Gasteiger partial charge in [-0.15, -0.1) is 10.2 Å². The van der Waals surface area contributed by atoms with Crippen molar-refractivity contribution in [2.45, 2.75) is 33.6 Å². The number of hydrogen-bond acceptors (Lipinski definition) is 4. The predicted octanol–water partition coefficient (Wildman–Crippen LogP) is 3.44. The summed E-state index contributed by atoms with van der Waals surface area (Å²) in [7, 11) is 0. The zero-order valence-electron chi connectivity index (χ0n) is 15.9. The molecule has 2 aromatic rings. The zero-order valence-corrected chi connectivity index (χ0v) is 15.9. The summed E-state index contributed by atoms with van der Waals surface area (Å²) < 4.78 is 0. The van der Waals surface area contributed by atoms with Crippen molar-refractivity contribution in [3.63, 3.8) is 0 Å². The lowest BCUT2D eigenvalue weighted by Crippen LogP contribution is -2.44. The fraction of sp³-hybridized carbons (Fsp3) is 0.476. The molecule has 1 N–H and O–H groups in total. The molecular formula is C21H28N4O. The third-order valence-electron chi connectivity index (χ3n) is 4.87. The third-order valence-corrected chi connectivity index (χ3v) is 4.87. The molecule has 1 atom stereocenters. The molecule has 1 aliphatic rings. The molecule has 0 unspecified atom stereocenters. The van der Waals surface area contributed by atoms with E-state index in [9.17, 15) is 4.79 Å². The number of aryl methyl sites for hydroxylation is 1. The van der Waals surface area contributed by atoms with Gasteiger partial charge in [-0.2, -0.15) is 0 Å². The van der Waals surface area contributed by atoms with Crippen LogP contribution in [0.3, 0.4) is 0 Å². The number of aromatic nitrogens is 2. The van der Waals surface area contributed by atoms with Crippen molar-refractivity contribution in [1.29, 1.82) is 0 Å². The Kier molecular flexibility index (Phi) is 5.86. The minimum Gasteiger partial charge on any atom is -0.356 e. The Balaban J connectivity index is 1.67. The van der Waals surface area contributed by atoms with Crippen LogP contribution in [0.25, 0.3) is 11.3 Å². The Bertz CT molecular complexity index is 742. The standard InChI is InChI=1S/C21H28N4O/c1-15(2)13-22-21(26)17-8-6-12-25(14-17)20-11-10-19(23-24-20)18-9-5-4-7-16(18)3/h4-5,7,9-11,15,17H,6,8,12-14H2,1-3H3,(H,22,26)/t17-/m0/s1. The maximum absolute atomic E-state index is 12.4. The number of nitrogens with one attached hydrogen (secondary N) is 1. The van der Waals surface area contributed by atoms with Crippen molar-refractivity contribution in [3.8, 4) is 11.3 Å². The fourth-order valence-electron chi connectivity index (χ4n) is 3.35. The Labute approximate surface area is 155 Å². The maximum atomic E-state index is 12.4.